The Bertz CT molecular complexity index is 492. The molecule has 0 amide bonds. The monoisotopic (exact) mass is 201 g/mol. The quantitative estimate of drug-likeness (QED) is 0.523. The molecule has 1 aromatic heterocycles. The first-order valence-electron chi connectivity index (χ1n) is 4.78. The van der Waals surface area contributed by atoms with E-state index in [-0.39, 0.29) is 0 Å². The minimum Gasteiger partial charge on any atom is -0.759 e. The van der Waals surface area contributed by atoms with Crippen LogP contribution in [-0.2, 0) is 12.6 Å². The summed E-state index contributed by atoms with van der Waals surface area (Å²) >= 11 is 5.24. The first-order valence-corrected chi connectivity index (χ1v) is 5.19. The highest BCUT2D eigenvalue weighted by Gasteiger charge is 2.26. The van der Waals surface area contributed by atoms with Crippen LogP contribution in [0.5, 0.6) is 0 Å². The molecule has 0 aliphatic heterocycles. The van der Waals surface area contributed by atoms with E-state index >= 15 is 0 Å². The molecule has 0 bridgehead atoms. The Labute approximate surface area is 87.8 Å². The van der Waals surface area contributed by atoms with Crippen LogP contribution >= 0.6 is 0 Å². The number of aromatic nitrogens is 2. The molecule has 2 aromatic rings. The molecule has 0 radical (unpaired) electrons. The Morgan fingerprint density at radius 1 is 1.14 bits per heavy atom. The van der Waals surface area contributed by atoms with Gasteiger partial charge in [0, 0.05) is 5.92 Å². The molecule has 0 atom stereocenters. The highest BCUT2D eigenvalue weighted by atomic mass is 32.1. The van der Waals surface area contributed by atoms with Crippen LogP contribution in [0, 0.1) is 0 Å². The van der Waals surface area contributed by atoms with E-state index in [4.69, 9.17) is 12.6 Å². The lowest BCUT2D eigenvalue weighted by molar-refractivity contribution is 0.906. The maximum absolute atomic E-state index is 5.24. The molecule has 1 aliphatic rings. The summed E-state index contributed by atoms with van der Waals surface area (Å²) in [5.74, 6) is 1.51. The van der Waals surface area contributed by atoms with Crippen LogP contribution in [0.2, 0.25) is 0 Å². The molecule has 1 saturated carbocycles. The number of para-hydroxylation sites is 1. The third-order valence-electron chi connectivity index (χ3n) is 2.53. The summed E-state index contributed by atoms with van der Waals surface area (Å²) in [4.78, 5) is 8.89. The van der Waals surface area contributed by atoms with Crippen molar-refractivity contribution in [3.63, 3.8) is 0 Å². The lowest BCUT2D eigenvalue weighted by Gasteiger charge is -2.10. The standard InChI is InChI=1S/C11H10N2S/c14-11-8-3-1-2-4-9(8)12-10(13-11)7-5-6-7/h1-4,7H,5-6H2,(H,12,13,14)/p-1. The van der Waals surface area contributed by atoms with Gasteiger partial charge in [0.1, 0.15) is 5.82 Å². The van der Waals surface area contributed by atoms with E-state index in [1.165, 1.54) is 12.8 Å². The van der Waals surface area contributed by atoms with Crippen molar-refractivity contribution in [3.8, 4) is 0 Å². The van der Waals surface area contributed by atoms with Crippen molar-refractivity contribution in [1.82, 2.24) is 9.97 Å². The van der Waals surface area contributed by atoms with Crippen molar-refractivity contribution >= 4 is 23.5 Å². The summed E-state index contributed by atoms with van der Waals surface area (Å²) in [5, 5.41) is 1.68. The van der Waals surface area contributed by atoms with Gasteiger partial charge in [0.15, 0.2) is 0 Å². The molecule has 70 valence electrons. The van der Waals surface area contributed by atoms with E-state index in [0.29, 0.717) is 10.9 Å². The second kappa shape index (κ2) is 2.89. The summed E-state index contributed by atoms with van der Waals surface area (Å²) < 4.78 is 0. The van der Waals surface area contributed by atoms with E-state index in [0.717, 1.165) is 16.7 Å². The number of hydrogen-bond acceptors (Lipinski definition) is 3. The van der Waals surface area contributed by atoms with Gasteiger partial charge in [0.05, 0.1) is 5.52 Å². The van der Waals surface area contributed by atoms with Gasteiger partial charge < -0.3 is 12.6 Å². The van der Waals surface area contributed by atoms with Crippen molar-refractivity contribution in [1.29, 1.82) is 0 Å². The van der Waals surface area contributed by atoms with Crippen molar-refractivity contribution in [3.05, 3.63) is 30.1 Å². The van der Waals surface area contributed by atoms with Crippen LogP contribution < -0.4 is 0 Å². The molecule has 1 aliphatic carbocycles. The van der Waals surface area contributed by atoms with Gasteiger partial charge in [-0.05, 0) is 24.3 Å². The smallest absolute Gasteiger partial charge is 0.130 e. The third-order valence-corrected chi connectivity index (χ3v) is 2.84. The molecular formula is C11H9N2S-. The molecule has 1 heterocycles. The van der Waals surface area contributed by atoms with Gasteiger partial charge in [0.2, 0.25) is 0 Å². The molecule has 0 saturated heterocycles. The fraction of sp³-hybridized carbons (Fsp3) is 0.273. The average molecular weight is 201 g/mol. The van der Waals surface area contributed by atoms with Crippen LogP contribution in [0.25, 0.3) is 10.9 Å². The van der Waals surface area contributed by atoms with Gasteiger partial charge in [-0.3, -0.25) is 4.98 Å². The molecule has 1 fully saturated rings. The van der Waals surface area contributed by atoms with Crippen LogP contribution in [0.3, 0.4) is 0 Å². The van der Waals surface area contributed by atoms with Crippen molar-refractivity contribution in [2.75, 3.05) is 0 Å². The molecule has 0 spiro atoms. The summed E-state index contributed by atoms with van der Waals surface area (Å²) in [6.45, 7) is 0. The summed E-state index contributed by atoms with van der Waals surface area (Å²) in [6.07, 6.45) is 2.43. The summed E-state index contributed by atoms with van der Waals surface area (Å²) in [7, 11) is 0. The normalized spacial score (nSPS) is 16.0. The molecule has 0 N–H and O–H groups in total. The topological polar surface area (TPSA) is 25.8 Å². The van der Waals surface area contributed by atoms with Gasteiger partial charge in [-0.1, -0.05) is 23.2 Å². The van der Waals surface area contributed by atoms with Crippen molar-refractivity contribution in [2.24, 2.45) is 0 Å². The van der Waals surface area contributed by atoms with E-state index in [1.54, 1.807) is 0 Å². The van der Waals surface area contributed by atoms with Gasteiger partial charge in [-0.2, -0.15) is 0 Å². The molecule has 14 heavy (non-hydrogen) atoms. The Hall–Kier alpha value is -1.22. The summed E-state index contributed by atoms with van der Waals surface area (Å²) in [5.41, 5.74) is 0.981. The molecule has 1 aromatic carbocycles. The first kappa shape index (κ1) is 8.12. The lowest BCUT2D eigenvalue weighted by Crippen LogP contribution is -1.95. The lowest BCUT2D eigenvalue weighted by atomic mass is 10.2. The molecule has 0 unspecified atom stereocenters. The van der Waals surface area contributed by atoms with E-state index < -0.39 is 0 Å². The maximum atomic E-state index is 5.24. The van der Waals surface area contributed by atoms with E-state index in [9.17, 15) is 0 Å². The van der Waals surface area contributed by atoms with Gasteiger partial charge in [-0.15, -0.1) is 0 Å². The van der Waals surface area contributed by atoms with Crippen molar-refractivity contribution < 1.29 is 0 Å². The largest absolute Gasteiger partial charge is 0.759 e. The SMILES string of the molecule is [S-]c1nc(C2CC2)nc2ccccc12. The second-order valence-corrected chi connectivity index (χ2v) is 4.07. The molecule has 3 heteroatoms. The number of hydrogen-bond donors (Lipinski definition) is 0. The van der Waals surface area contributed by atoms with Gasteiger partial charge >= 0.3 is 0 Å². The van der Waals surface area contributed by atoms with Crippen LogP contribution in [-0.4, -0.2) is 9.97 Å². The van der Waals surface area contributed by atoms with Gasteiger partial charge in [0.25, 0.3) is 0 Å². The fourth-order valence-corrected chi connectivity index (χ4v) is 1.85. The number of benzene rings is 1. The Morgan fingerprint density at radius 3 is 2.71 bits per heavy atom. The highest BCUT2D eigenvalue weighted by Crippen LogP contribution is 2.38. The Morgan fingerprint density at radius 2 is 1.93 bits per heavy atom. The zero-order valence-electron chi connectivity index (χ0n) is 7.60. The van der Waals surface area contributed by atoms with Gasteiger partial charge in [-0.25, -0.2) is 4.98 Å². The Balaban J connectivity index is 2.27. The predicted octanol–water partition coefficient (Wildman–Crippen LogP) is 2.41. The molecular weight excluding hydrogens is 192 g/mol. The Kier molecular flexibility index (Phi) is 1.67. The van der Waals surface area contributed by atoms with E-state index in [1.807, 2.05) is 24.3 Å². The van der Waals surface area contributed by atoms with Crippen LogP contribution in [0.15, 0.2) is 29.3 Å². The summed E-state index contributed by atoms with van der Waals surface area (Å²) in [6, 6.07) is 7.94. The molecule has 2 nitrogen and oxygen atoms in total. The minimum absolute atomic E-state index is 0.571. The average Bonchev–Trinajstić information content (AvgIpc) is 3.01. The second-order valence-electron chi connectivity index (χ2n) is 3.68. The number of nitrogens with zero attached hydrogens (tertiary/aromatic N) is 2. The highest BCUT2D eigenvalue weighted by molar-refractivity contribution is 7.59. The first-order chi connectivity index (χ1) is 6.84. The number of fused-ring (bicyclic) bond motifs is 1. The minimum atomic E-state index is 0.571. The maximum Gasteiger partial charge on any atom is 0.130 e. The fourth-order valence-electron chi connectivity index (χ4n) is 1.59. The van der Waals surface area contributed by atoms with E-state index in [2.05, 4.69) is 9.97 Å². The zero-order chi connectivity index (χ0) is 9.54. The third kappa shape index (κ3) is 1.24. The van der Waals surface area contributed by atoms with Crippen molar-refractivity contribution in [2.45, 2.75) is 23.8 Å². The number of rotatable bonds is 1. The predicted molar refractivity (Wildman–Crippen MR) is 57.1 cm³/mol. The zero-order valence-corrected chi connectivity index (χ0v) is 8.42. The van der Waals surface area contributed by atoms with Crippen LogP contribution in [0.4, 0.5) is 0 Å². The molecule has 3 rings (SSSR count). The van der Waals surface area contributed by atoms with Crippen LogP contribution in [0.1, 0.15) is 24.6 Å².